The number of carbonyl (C=O) groups is 1. The number of H-pyrrole nitrogens is 1. The molecule has 6 heteroatoms. The number of aromatic amines is 1. The molecule has 0 aliphatic rings. The first kappa shape index (κ1) is 12.1. The fourth-order valence-electron chi connectivity index (χ4n) is 1.59. The number of carbonyl (C=O) groups excluding carboxylic acids is 1. The van der Waals surface area contributed by atoms with Gasteiger partial charge in [0.1, 0.15) is 11.5 Å². The van der Waals surface area contributed by atoms with Crippen LogP contribution in [0.5, 0.6) is 0 Å². The predicted octanol–water partition coefficient (Wildman–Crippen LogP) is 1.40. The summed E-state index contributed by atoms with van der Waals surface area (Å²) in [5.41, 5.74) is 7.01. The molecule has 1 aromatic heterocycles. The second kappa shape index (κ2) is 4.87. The third kappa shape index (κ3) is 2.48. The highest BCUT2D eigenvalue weighted by molar-refractivity contribution is 5.96. The number of rotatable bonds is 3. The van der Waals surface area contributed by atoms with Crippen LogP contribution in [0, 0.1) is 5.82 Å². The van der Waals surface area contributed by atoms with Crippen LogP contribution in [-0.2, 0) is 6.54 Å². The average Bonchev–Trinajstić information content (AvgIpc) is 2.77. The van der Waals surface area contributed by atoms with Crippen LogP contribution in [0.1, 0.15) is 16.1 Å². The highest BCUT2D eigenvalue weighted by atomic mass is 19.1. The van der Waals surface area contributed by atoms with Crippen LogP contribution < -0.4 is 5.73 Å². The van der Waals surface area contributed by atoms with Crippen molar-refractivity contribution in [3.63, 3.8) is 0 Å². The van der Waals surface area contributed by atoms with Gasteiger partial charge in [0, 0.05) is 13.6 Å². The van der Waals surface area contributed by atoms with Crippen molar-refractivity contribution in [2.24, 2.45) is 0 Å². The number of nitrogens with one attached hydrogen (secondary N) is 1. The molecular weight excluding hydrogens is 235 g/mol. The molecule has 0 fully saturated rings. The van der Waals surface area contributed by atoms with Gasteiger partial charge in [-0.2, -0.15) is 5.10 Å². The monoisotopic (exact) mass is 248 g/mol. The Balaban J connectivity index is 2.08. The molecule has 1 amide bonds. The Bertz CT molecular complexity index is 549. The van der Waals surface area contributed by atoms with Gasteiger partial charge < -0.3 is 10.6 Å². The third-order valence-corrected chi connectivity index (χ3v) is 2.56. The van der Waals surface area contributed by atoms with Gasteiger partial charge in [0.2, 0.25) is 0 Å². The maximum absolute atomic E-state index is 12.7. The van der Waals surface area contributed by atoms with Gasteiger partial charge in [-0.15, -0.1) is 0 Å². The number of amides is 1. The highest BCUT2D eigenvalue weighted by Gasteiger charge is 2.16. The number of nitrogens with two attached hydrogens (primary N) is 1. The minimum atomic E-state index is -0.300. The van der Waals surface area contributed by atoms with Gasteiger partial charge in [-0.3, -0.25) is 9.89 Å². The standard InChI is InChI=1S/C12H13FN4O/c1-17(7-8-2-4-9(13)5-3-8)12(18)11-10(14)6-15-16-11/h2-6H,7,14H2,1H3,(H,15,16). The van der Waals surface area contributed by atoms with Crippen LogP contribution in [0.25, 0.3) is 0 Å². The van der Waals surface area contributed by atoms with E-state index in [2.05, 4.69) is 10.2 Å². The molecule has 94 valence electrons. The lowest BCUT2D eigenvalue weighted by atomic mass is 10.2. The van der Waals surface area contributed by atoms with E-state index < -0.39 is 0 Å². The molecule has 0 aliphatic carbocycles. The van der Waals surface area contributed by atoms with Crippen LogP contribution in [0.4, 0.5) is 10.1 Å². The highest BCUT2D eigenvalue weighted by Crippen LogP contribution is 2.12. The third-order valence-electron chi connectivity index (χ3n) is 2.56. The van der Waals surface area contributed by atoms with Gasteiger partial charge >= 0.3 is 0 Å². The van der Waals surface area contributed by atoms with Gasteiger partial charge in [0.25, 0.3) is 5.91 Å². The number of hydrogen-bond acceptors (Lipinski definition) is 3. The summed E-state index contributed by atoms with van der Waals surface area (Å²) in [5.74, 6) is -0.556. The topological polar surface area (TPSA) is 75.0 Å². The normalized spacial score (nSPS) is 10.3. The van der Waals surface area contributed by atoms with Crippen molar-refractivity contribution < 1.29 is 9.18 Å². The van der Waals surface area contributed by atoms with Crippen molar-refractivity contribution in [3.8, 4) is 0 Å². The molecule has 18 heavy (non-hydrogen) atoms. The number of aromatic nitrogens is 2. The summed E-state index contributed by atoms with van der Waals surface area (Å²) in [6, 6.07) is 5.99. The molecule has 3 N–H and O–H groups in total. The zero-order valence-corrected chi connectivity index (χ0v) is 9.85. The van der Waals surface area contributed by atoms with Gasteiger partial charge in [0.05, 0.1) is 11.9 Å². The van der Waals surface area contributed by atoms with Crippen LogP contribution >= 0.6 is 0 Å². The first-order valence-corrected chi connectivity index (χ1v) is 5.36. The van der Waals surface area contributed by atoms with E-state index in [1.165, 1.54) is 23.2 Å². The molecule has 2 rings (SSSR count). The summed E-state index contributed by atoms with van der Waals surface area (Å²) in [6.45, 7) is 0.373. The molecule has 0 saturated carbocycles. The number of nitrogen functional groups attached to an aromatic ring is 1. The van der Waals surface area contributed by atoms with Gasteiger partial charge in [-0.25, -0.2) is 4.39 Å². The Kier molecular flexibility index (Phi) is 3.27. The van der Waals surface area contributed by atoms with E-state index in [9.17, 15) is 9.18 Å². The summed E-state index contributed by atoms with van der Waals surface area (Å²) >= 11 is 0. The van der Waals surface area contributed by atoms with Gasteiger partial charge in [0.15, 0.2) is 0 Å². The summed E-state index contributed by atoms with van der Waals surface area (Å²) in [4.78, 5) is 13.5. The van der Waals surface area contributed by atoms with E-state index in [0.29, 0.717) is 12.2 Å². The van der Waals surface area contributed by atoms with Crippen molar-refractivity contribution in [2.45, 2.75) is 6.54 Å². The lowest BCUT2D eigenvalue weighted by Crippen LogP contribution is -2.27. The minimum Gasteiger partial charge on any atom is -0.396 e. The van der Waals surface area contributed by atoms with Crippen LogP contribution in [0.2, 0.25) is 0 Å². The molecule has 0 spiro atoms. The number of benzene rings is 1. The van der Waals surface area contributed by atoms with E-state index in [0.717, 1.165) is 5.56 Å². The first-order chi connectivity index (χ1) is 8.58. The van der Waals surface area contributed by atoms with E-state index in [1.54, 1.807) is 19.2 Å². The Hall–Kier alpha value is -2.37. The molecular formula is C12H13FN4O. The molecule has 1 aromatic carbocycles. The van der Waals surface area contributed by atoms with E-state index >= 15 is 0 Å². The Morgan fingerprint density at radius 1 is 1.44 bits per heavy atom. The van der Waals surface area contributed by atoms with Crippen molar-refractivity contribution in [2.75, 3.05) is 12.8 Å². The Labute approximate surface area is 103 Å². The summed E-state index contributed by atoms with van der Waals surface area (Å²) in [7, 11) is 1.64. The zero-order chi connectivity index (χ0) is 13.1. The Morgan fingerprint density at radius 2 is 2.11 bits per heavy atom. The maximum Gasteiger partial charge on any atom is 0.274 e. The predicted molar refractivity (Wildman–Crippen MR) is 65.2 cm³/mol. The van der Waals surface area contributed by atoms with Crippen molar-refractivity contribution in [3.05, 3.63) is 47.5 Å². The molecule has 0 radical (unpaired) electrons. The minimum absolute atomic E-state index is 0.255. The number of nitrogens with zero attached hydrogens (tertiary/aromatic N) is 2. The second-order valence-corrected chi connectivity index (χ2v) is 3.99. The average molecular weight is 248 g/mol. The van der Waals surface area contributed by atoms with Crippen molar-refractivity contribution >= 4 is 11.6 Å². The van der Waals surface area contributed by atoms with Gasteiger partial charge in [-0.1, -0.05) is 12.1 Å². The molecule has 5 nitrogen and oxygen atoms in total. The van der Waals surface area contributed by atoms with Crippen LogP contribution in [0.15, 0.2) is 30.5 Å². The summed E-state index contributed by atoms with van der Waals surface area (Å²) in [6.07, 6.45) is 1.39. The molecule has 0 aliphatic heterocycles. The fourth-order valence-corrected chi connectivity index (χ4v) is 1.59. The van der Waals surface area contributed by atoms with E-state index in [-0.39, 0.29) is 17.4 Å². The summed E-state index contributed by atoms with van der Waals surface area (Å²) < 4.78 is 12.7. The second-order valence-electron chi connectivity index (χ2n) is 3.99. The lowest BCUT2D eigenvalue weighted by Gasteiger charge is -2.16. The molecule has 1 heterocycles. The van der Waals surface area contributed by atoms with Gasteiger partial charge in [-0.05, 0) is 17.7 Å². The van der Waals surface area contributed by atoms with Crippen molar-refractivity contribution in [1.29, 1.82) is 0 Å². The Morgan fingerprint density at radius 3 is 2.67 bits per heavy atom. The van der Waals surface area contributed by atoms with Crippen LogP contribution in [-0.4, -0.2) is 28.1 Å². The van der Waals surface area contributed by atoms with E-state index in [1.807, 2.05) is 0 Å². The molecule has 2 aromatic rings. The van der Waals surface area contributed by atoms with Crippen LogP contribution in [0.3, 0.4) is 0 Å². The molecule has 0 atom stereocenters. The zero-order valence-electron chi connectivity index (χ0n) is 9.85. The number of halogens is 1. The number of anilines is 1. The fraction of sp³-hybridized carbons (Fsp3) is 0.167. The molecule has 0 bridgehead atoms. The lowest BCUT2D eigenvalue weighted by molar-refractivity contribution is 0.0780. The van der Waals surface area contributed by atoms with Crippen molar-refractivity contribution in [1.82, 2.24) is 15.1 Å². The first-order valence-electron chi connectivity index (χ1n) is 5.36. The van der Waals surface area contributed by atoms with E-state index in [4.69, 9.17) is 5.73 Å². The number of hydrogen-bond donors (Lipinski definition) is 2. The summed E-state index contributed by atoms with van der Waals surface area (Å²) in [5, 5.41) is 6.25. The largest absolute Gasteiger partial charge is 0.396 e. The maximum atomic E-state index is 12.7. The molecule has 0 saturated heterocycles. The quantitative estimate of drug-likeness (QED) is 0.862. The SMILES string of the molecule is CN(Cc1ccc(F)cc1)C(=O)c1[nH]ncc1N. The molecule has 0 unspecified atom stereocenters. The smallest absolute Gasteiger partial charge is 0.274 e.